The van der Waals surface area contributed by atoms with E-state index in [0.29, 0.717) is 6.54 Å². The molecule has 0 saturated carbocycles. The smallest absolute Gasteiger partial charge is 0.233 e. The number of furan rings is 1. The minimum Gasteiger partial charge on any atom is -0.459 e. The first-order chi connectivity index (χ1) is 12.1. The molecule has 1 amide bonds. The van der Waals surface area contributed by atoms with E-state index in [4.69, 9.17) is 16.0 Å². The van der Waals surface area contributed by atoms with Crippen LogP contribution in [0.1, 0.15) is 24.3 Å². The Balaban J connectivity index is 1.42. The molecule has 3 aromatic rings. The van der Waals surface area contributed by atoms with E-state index in [1.165, 1.54) is 0 Å². The van der Waals surface area contributed by atoms with Gasteiger partial charge < -0.3 is 9.73 Å². The zero-order valence-corrected chi connectivity index (χ0v) is 14.8. The molecule has 1 unspecified atom stereocenters. The number of hydrogen-bond donors (Lipinski definition) is 2. The van der Waals surface area contributed by atoms with Crippen molar-refractivity contribution in [3.05, 3.63) is 70.9 Å². The maximum Gasteiger partial charge on any atom is 0.233 e. The number of nitrogens with one attached hydrogen (secondary N) is 2. The van der Waals surface area contributed by atoms with Gasteiger partial charge in [0.05, 0.1) is 12.6 Å². The number of para-hydroxylation sites is 1. The molecule has 1 atom stereocenters. The van der Waals surface area contributed by atoms with Crippen LogP contribution in [0.5, 0.6) is 0 Å². The van der Waals surface area contributed by atoms with Gasteiger partial charge in [-0.15, -0.1) is 0 Å². The average molecular weight is 357 g/mol. The predicted octanol–water partition coefficient (Wildman–Crippen LogP) is 4.10. The average Bonchev–Trinajstić information content (AvgIpc) is 3.05. The first-order valence-corrected chi connectivity index (χ1v) is 8.72. The Morgan fingerprint density at radius 3 is 2.68 bits per heavy atom. The Labute approximate surface area is 152 Å². The first kappa shape index (κ1) is 17.5. The van der Waals surface area contributed by atoms with Crippen LogP contribution in [0.3, 0.4) is 0 Å². The molecule has 2 N–H and O–H groups in total. The van der Waals surface area contributed by atoms with Crippen molar-refractivity contribution in [3.63, 3.8) is 0 Å². The minimum absolute atomic E-state index is 0.0306. The van der Waals surface area contributed by atoms with Crippen molar-refractivity contribution in [2.45, 2.75) is 19.4 Å². The largest absolute Gasteiger partial charge is 0.459 e. The number of fused-ring (bicyclic) bond motifs is 1. The van der Waals surface area contributed by atoms with Crippen LogP contribution in [0, 0.1) is 0 Å². The SMILES string of the molecule is CC(NCC(=O)NCCc1ccc(Cl)cc1)c1cc2ccccc2o1. The molecule has 0 spiro atoms. The Morgan fingerprint density at radius 1 is 1.16 bits per heavy atom. The van der Waals surface area contributed by atoms with E-state index < -0.39 is 0 Å². The van der Waals surface area contributed by atoms with Crippen LogP contribution in [-0.2, 0) is 11.2 Å². The van der Waals surface area contributed by atoms with Crippen LogP contribution < -0.4 is 10.6 Å². The van der Waals surface area contributed by atoms with Crippen LogP contribution in [-0.4, -0.2) is 19.0 Å². The molecule has 1 aromatic heterocycles. The molecule has 130 valence electrons. The van der Waals surface area contributed by atoms with Crippen molar-refractivity contribution in [2.24, 2.45) is 0 Å². The van der Waals surface area contributed by atoms with Gasteiger partial charge in [-0.05, 0) is 43.2 Å². The third-order valence-electron chi connectivity index (χ3n) is 4.09. The molecule has 0 radical (unpaired) electrons. The monoisotopic (exact) mass is 356 g/mol. The molecule has 3 rings (SSSR count). The molecular weight excluding hydrogens is 336 g/mol. The normalized spacial score (nSPS) is 12.2. The van der Waals surface area contributed by atoms with E-state index in [0.717, 1.165) is 33.7 Å². The molecule has 4 nitrogen and oxygen atoms in total. The molecule has 0 fully saturated rings. The number of carbonyl (C=O) groups excluding carboxylic acids is 1. The lowest BCUT2D eigenvalue weighted by Crippen LogP contribution is -2.35. The highest BCUT2D eigenvalue weighted by Gasteiger charge is 2.12. The Hall–Kier alpha value is -2.30. The van der Waals surface area contributed by atoms with E-state index in [1.807, 2.05) is 61.5 Å². The summed E-state index contributed by atoms with van der Waals surface area (Å²) in [6.45, 7) is 2.83. The summed E-state index contributed by atoms with van der Waals surface area (Å²) in [6, 6.07) is 17.5. The number of hydrogen-bond acceptors (Lipinski definition) is 3. The Morgan fingerprint density at radius 2 is 1.92 bits per heavy atom. The molecule has 25 heavy (non-hydrogen) atoms. The van der Waals surface area contributed by atoms with Gasteiger partial charge in [0.2, 0.25) is 5.91 Å². The van der Waals surface area contributed by atoms with E-state index in [1.54, 1.807) is 0 Å². The van der Waals surface area contributed by atoms with E-state index >= 15 is 0 Å². The number of halogens is 1. The van der Waals surface area contributed by atoms with Gasteiger partial charge in [0, 0.05) is 17.0 Å². The van der Waals surface area contributed by atoms with Crippen molar-refractivity contribution in [1.29, 1.82) is 0 Å². The molecule has 0 bridgehead atoms. The van der Waals surface area contributed by atoms with Gasteiger partial charge in [0.25, 0.3) is 0 Å². The lowest BCUT2D eigenvalue weighted by molar-refractivity contribution is -0.120. The zero-order valence-electron chi connectivity index (χ0n) is 14.1. The summed E-state index contributed by atoms with van der Waals surface area (Å²) in [7, 11) is 0. The van der Waals surface area contributed by atoms with Crippen molar-refractivity contribution in [3.8, 4) is 0 Å². The lowest BCUT2D eigenvalue weighted by Gasteiger charge is -2.11. The van der Waals surface area contributed by atoms with Gasteiger partial charge >= 0.3 is 0 Å². The Kier molecular flexibility index (Phi) is 5.74. The second kappa shape index (κ2) is 8.19. The topological polar surface area (TPSA) is 54.3 Å². The molecule has 0 aliphatic rings. The van der Waals surface area contributed by atoms with Gasteiger partial charge in [-0.2, -0.15) is 0 Å². The predicted molar refractivity (Wildman–Crippen MR) is 101 cm³/mol. The summed E-state index contributed by atoms with van der Waals surface area (Å²) in [5.74, 6) is 0.798. The molecule has 0 saturated heterocycles. The maximum absolute atomic E-state index is 12.0. The minimum atomic E-state index is -0.0329. The van der Waals surface area contributed by atoms with Crippen LogP contribution in [0.2, 0.25) is 5.02 Å². The highest BCUT2D eigenvalue weighted by molar-refractivity contribution is 6.30. The van der Waals surface area contributed by atoms with Gasteiger partial charge in [0.15, 0.2) is 0 Å². The summed E-state index contributed by atoms with van der Waals surface area (Å²) < 4.78 is 5.81. The second-order valence-electron chi connectivity index (χ2n) is 6.02. The summed E-state index contributed by atoms with van der Waals surface area (Å²) >= 11 is 5.86. The summed E-state index contributed by atoms with van der Waals surface area (Å²) in [4.78, 5) is 12.0. The van der Waals surface area contributed by atoms with E-state index in [-0.39, 0.29) is 18.5 Å². The number of benzene rings is 2. The van der Waals surface area contributed by atoms with E-state index in [9.17, 15) is 4.79 Å². The summed E-state index contributed by atoms with van der Waals surface area (Å²) in [5.41, 5.74) is 2.01. The molecule has 2 aromatic carbocycles. The van der Waals surface area contributed by atoms with Crippen LogP contribution in [0.25, 0.3) is 11.0 Å². The fraction of sp³-hybridized carbons (Fsp3) is 0.250. The third kappa shape index (κ3) is 4.84. The van der Waals surface area contributed by atoms with Gasteiger partial charge in [-0.1, -0.05) is 41.9 Å². The van der Waals surface area contributed by atoms with Crippen LogP contribution in [0.4, 0.5) is 0 Å². The quantitative estimate of drug-likeness (QED) is 0.670. The van der Waals surface area contributed by atoms with Crippen molar-refractivity contribution < 1.29 is 9.21 Å². The Bertz CT molecular complexity index is 809. The second-order valence-corrected chi connectivity index (χ2v) is 6.45. The van der Waals surface area contributed by atoms with Crippen molar-refractivity contribution in [1.82, 2.24) is 10.6 Å². The van der Waals surface area contributed by atoms with E-state index in [2.05, 4.69) is 10.6 Å². The van der Waals surface area contributed by atoms with Gasteiger partial charge in [-0.25, -0.2) is 0 Å². The maximum atomic E-state index is 12.0. The van der Waals surface area contributed by atoms with Gasteiger partial charge in [-0.3, -0.25) is 10.1 Å². The fourth-order valence-corrected chi connectivity index (χ4v) is 2.75. The first-order valence-electron chi connectivity index (χ1n) is 8.35. The molecule has 5 heteroatoms. The third-order valence-corrected chi connectivity index (χ3v) is 4.34. The highest BCUT2D eigenvalue weighted by Crippen LogP contribution is 2.23. The molecular formula is C20H21ClN2O2. The standard InChI is InChI=1S/C20H21ClN2O2/c1-14(19-12-16-4-2-3-5-18(16)25-19)23-13-20(24)22-11-10-15-6-8-17(21)9-7-15/h2-9,12,14,23H,10-11,13H2,1H3,(H,22,24). The molecule has 0 aliphatic heterocycles. The lowest BCUT2D eigenvalue weighted by atomic mass is 10.1. The molecule has 0 aliphatic carbocycles. The zero-order chi connectivity index (χ0) is 17.6. The number of rotatable bonds is 7. The summed E-state index contributed by atoms with van der Waals surface area (Å²) in [5, 5.41) is 7.89. The van der Waals surface area contributed by atoms with Crippen molar-refractivity contribution >= 4 is 28.5 Å². The van der Waals surface area contributed by atoms with Gasteiger partial charge in [0.1, 0.15) is 11.3 Å². The number of carbonyl (C=O) groups is 1. The van der Waals surface area contributed by atoms with Crippen LogP contribution in [0.15, 0.2) is 59.0 Å². The van der Waals surface area contributed by atoms with Crippen LogP contribution >= 0.6 is 11.6 Å². The highest BCUT2D eigenvalue weighted by atomic mass is 35.5. The fourth-order valence-electron chi connectivity index (χ4n) is 2.62. The molecule has 1 heterocycles. The number of amides is 1. The van der Waals surface area contributed by atoms with Crippen molar-refractivity contribution in [2.75, 3.05) is 13.1 Å². The summed E-state index contributed by atoms with van der Waals surface area (Å²) in [6.07, 6.45) is 0.780.